The lowest BCUT2D eigenvalue weighted by Gasteiger charge is -2.24. The first-order valence-corrected chi connectivity index (χ1v) is 8.89. The molecule has 1 aliphatic heterocycles. The third-order valence-corrected chi connectivity index (χ3v) is 5.27. The van der Waals surface area contributed by atoms with Crippen molar-refractivity contribution in [2.24, 2.45) is 11.5 Å². The van der Waals surface area contributed by atoms with Crippen LogP contribution in [-0.4, -0.2) is 34.1 Å². The first kappa shape index (κ1) is 16.4. The fraction of sp³-hybridized carbons (Fsp3) is 0.556. The van der Waals surface area contributed by atoms with Crippen molar-refractivity contribution in [2.75, 3.05) is 6.61 Å². The average Bonchev–Trinajstić information content (AvgIpc) is 3.25. The molecule has 1 aromatic carbocycles. The maximum atomic E-state index is 11.1. The molecular formula is C18H24N4O3. The topological polar surface area (TPSA) is 105 Å². The quantitative estimate of drug-likeness (QED) is 0.865. The molecule has 7 nitrogen and oxygen atoms in total. The Morgan fingerprint density at radius 1 is 1.44 bits per heavy atom. The molecule has 2 fully saturated rings. The van der Waals surface area contributed by atoms with Crippen LogP contribution in [-0.2, 0) is 15.9 Å². The van der Waals surface area contributed by atoms with E-state index in [1.165, 1.54) is 6.42 Å². The second-order valence-electron chi connectivity index (χ2n) is 7.10. The van der Waals surface area contributed by atoms with Crippen molar-refractivity contribution in [2.45, 2.75) is 56.4 Å². The smallest absolute Gasteiger partial charge is 0.405 e. The third-order valence-electron chi connectivity index (χ3n) is 5.27. The van der Waals surface area contributed by atoms with Gasteiger partial charge < -0.3 is 20.9 Å². The molecule has 1 aliphatic carbocycles. The fourth-order valence-corrected chi connectivity index (χ4v) is 3.69. The molecule has 134 valence electrons. The van der Waals surface area contributed by atoms with Crippen LogP contribution in [0.2, 0.25) is 0 Å². The van der Waals surface area contributed by atoms with Crippen molar-refractivity contribution in [1.82, 2.24) is 9.78 Å². The molecule has 25 heavy (non-hydrogen) atoms. The Labute approximate surface area is 146 Å². The number of nitrogens with zero attached hydrogens (tertiary/aromatic N) is 2. The molecule has 4 N–H and O–H groups in total. The minimum absolute atomic E-state index is 0.0260. The standard InChI is InChI=1S/C18H24N4O3/c19-15(18(6-7-18)25-17(20)23)10-12-4-5-14-13(9-12)11-21-22(14)16-3-1-2-8-24-16/h4-5,9,11,15-16H,1-3,6-8,10,19H2,(H2,20,23). The van der Waals surface area contributed by atoms with Gasteiger partial charge in [-0.1, -0.05) is 6.07 Å². The van der Waals surface area contributed by atoms with Gasteiger partial charge in [0.05, 0.1) is 11.7 Å². The van der Waals surface area contributed by atoms with E-state index in [0.29, 0.717) is 6.42 Å². The zero-order valence-electron chi connectivity index (χ0n) is 14.2. The molecule has 7 heteroatoms. The van der Waals surface area contributed by atoms with Gasteiger partial charge in [-0.3, -0.25) is 0 Å². The maximum absolute atomic E-state index is 11.1. The summed E-state index contributed by atoms with van der Waals surface area (Å²) in [6, 6.07) is 5.97. The number of amides is 1. The summed E-state index contributed by atoms with van der Waals surface area (Å²) in [6.07, 6.45) is 6.61. The molecule has 2 heterocycles. The number of nitrogens with two attached hydrogens (primary N) is 2. The normalized spacial score (nSPS) is 23.3. The number of rotatable bonds is 5. The molecule has 4 rings (SSSR count). The predicted octanol–water partition coefficient (Wildman–Crippen LogP) is 2.23. The van der Waals surface area contributed by atoms with Crippen LogP contribution in [0.3, 0.4) is 0 Å². The molecule has 1 aromatic heterocycles. The molecule has 0 spiro atoms. The highest BCUT2D eigenvalue weighted by atomic mass is 16.6. The van der Waals surface area contributed by atoms with Gasteiger partial charge in [-0.25, -0.2) is 9.48 Å². The van der Waals surface area contributed by atoms with Crippen molar-refractivity contribution < 1.29 is 14.3 Å². The van der Waals surface area contributed by atoms with Gasteiger partial charge in [0, 0.05) is 18.0 Å². The van der Waals surface area contributed by atoms with Gasteiger partial charge in [-0.05, 0) is 56.2 Å². The molecule has 2 atom stereocenters. The summed E-state index contributed by atoms with van der Waals surface area (Å²) in [6.45, 7) is 0.793. The van der Waals surface area contributed by atoms with Crippen LogP contribution in [0.4, 0.5) is 4.79 Å². The summed E-state index contributed by atoms with van der Waals surface area (Å²) in [5.41, 5.74) is 13.0. The van der Waals surface area contributed by atoms with Crippen LogP contribution in [0.15, 0.2) is 24.4 Å². The van der Waals surface area contributed by atoms with Crippen LogP contribution in [0.25, 0.3) is 10.9 Å². The van der Waals surface area contributed by atoms with Crippen LogP contribution >= 0.6 is 0 Å². The first-order valence-electron chi connectivity index (χ1n) is 8.89. The second-order valence-corrected chi connectivity index (χ2v) is 7.10. The Kier molecular flexibility index (Phi) is 4.13. The SMILES string of the molecule is NC(=O)OC1(C(N)Cc2ccc3c(cnn3C3CCCCO3)c2)CC1. The maximum Gasteiger partial charge on any atom is 0.405 e. The molecule has 2 unspecified atom stereocenters. The van der Waals surface area contributed by atoms with Gasteiger partial charge in [-0.15, -0.1) is 0 Å². The Balaban J connectivity index is 1.51. The van der Waals surface area contributed by atoms with Gasteiger partial charge in [0.2, 0.25) is 0 Å². The zero-order valence-corrected chi connectivity index (χ0v) is 14.2. The number of hydrogen-bond acceptors (Lipinski definition) is 5. The Hall–Kier alpha value is -2.12. The highest BCUT2D eigenvalue weighted by Crippen LogP contribution is 2.43. The number of aromatic nitrogens is 2. The molecule has 1 saturated carbocycles. The van der Waals surface area contributed by atoms with E-state index in [2.05, 4.69) is 23.3 Å². The third kappa shape index (κ3) is 3.21. The van der Waals surface area contributed by atoms with Crippen molar-refractivity contribution in [3.8, 4) is 0 Å². The van der Waals surface area contributed by atoms with Gasteiger partial charge in [0.15, 0.2) is 6.23 Å². The van der Waals surface area contributed by atoms with Gasteiger partial charge in [0.25, 0.3) is 0 Å². The van der Waals surface area contributed by atoms with Crippen molar-refractivity contribution in [3.05, 3.63) is 30.0 Å². The second kappa shape index (κ2) is 6.31. The largest absolute Gasteiger partial charge is 0.441 e. The van der Waals surface area contributed by atoms with Crippen LogP contribution in [0.1, 0.15) is 43.9 Å². The number of carbonyl (C=O) groups is 1. The van der Waals surface area contributed by atoms with E-state index >= 15 is 0 Å². The van der Waals surface area contributed by atoms with Crippen molar-refractivity contribution in [3.63, 3.8) is 0 Å². The van der Waals surface area contributed by atoms with E-state index in [-0.39, 0.29) is 12.3 Å². The zero-order chi connectivity index (χ0) is 17.4. The molecule has 0 radical (unpaired) electrons. The summed E-state index contributed by atoms with van der Waals surface area (Å²) >= 11 is 0. The summed E-state index contributed by atoms with van der Waals surface area (Å²) in [5, 5.41) is 5.58. The van der Waals surface area contributed by atoms with Crippen LogP contribution < -0.4 is 11.5 Å². The Bertz CT molecular complexity index is 778. The molecule has 2 aliphatic rings. The van der Waals surface area contributed by atoms with Crippen LogP contribution in [0.5, 0.6) is 0 Å². The van der Waals surface area contributed by atoms with E-state index in [9.17, 15) is 4.79 Å². The number of ether oxygens (including phenoxy) is 2. The highest BCUT2D eigenvalue weighted by molar-refractivity contribution is 5.79. The fourth-order valence-electron chi connectivity index (χ4n) is 3.69. The van der Waals surface area contributed by atoms with Crippen molar-refractivity contribution in [1.29, 1.82) is 0 Å². The highest BCUT2D eigenvalue weighted by Gasteiger charge is 2.51. The summed E-state index contributed by atoms with van der Waals surface area (Å²) in [4.78, 5) is 11.1. The van der Waals surface area contributed by atoms with Gasteiger partial charge in [-0.2, -0.15) is 5.10 Å². The first-order chi connectivity index (χ1) is 12.1. The molecule has 1 amide bonds. The Morgan fingerprint density at radius 2 is 2.28 bits per heavy atom. The number of benzene rings is 1. The van der Waals surface area contributed by atoms with E-state index in [4.69, 9.17) is 20.9 Å². The summed E-state index contributed by atoms with van der Waals surface area (Å²) < 4.78 is 13.0. The minimum Gasteiger partial charge on any atom is -0.441 e. The van der Waals surface area contributed by atoms with Crippen LogP contribution in [0, 0.1) is 0 Å². The van der Waals surface area contributed by atoms with E-state index in [1.807, 2.05) is 10.9 Å². The average molecular weight is 344 g/mol. The van der Waals surface area contributed by atoms with Gasteiger partial charge in [0.1, 0.15) is 5.60 Å². The summed E-state index contributed by atoms with van der Waals surface area (Å²) in [7, 11) is 0. The number of fused-ring (bicyclic) bond motifs is 1. The van der Waals surface area contributed by atoms with E-state index in [0.717, 1.165) is 48.8 Å². The Morgan fingerprint density at radius 3 is 2.96 bits per heavy atom. The van der Waals surface area contributed by atoms with Gasteiger partial charge >= 0.3 is 6.09 Å². The number of carbonyl (C=O) groups excluding carboxylic acids is 1. The lowest BCUT2D eigenvalue weighted by atomic mass is 9.99. The number of primary amides is 1. The molecular weight excluding hydrogens is 320 g/mol. The monoisotopic (exact) mass is 344 g/mol. The minimum atomic E-state index is -0.753. The van der Waals surface area contributed by atoms with Crippen molar-refractivity contribution >= 4 is 17.0 Å². The molecule has 1 saturated heterocycles. The predicted molar refractivity (Wildman–Crippen MR) is 92.9 cm³/mol. The lowest BCUT2D eigenvalue weighted by molar-refractivity contribution is -0.0366. The number of hydrogen-bond donors (Lipinski definition) is 2. The van der Waals surface area contributed by atoms with E-state index < -0.39 is 11.7 Å². The molecule has 0 bridgehead atoms. The van der Waals surface area contributed by atoms with E-state index in [1.54, 1.807) is 0 Å². The summed E-state index contributed by atoms with van der Waals surface area (Å²) in [5.74, 6) is 0. The molecule has 2 aromatic rings. The lowest BCUT2D eigenvalue weighted by Crippen LogP contribution is -2.43.